The van der Waals surface area contributed by atoms with Gasteiger partial charge in [0.05, 0.1) is 17.5 Å². The van der Waals surface area contributed by atoms with E-state index in [1.54, 1.807) is 6.20 Å². The van der Waals surface area contributed by atoms with Gasteiger partial charge in [0.1, 0.15) is 0 Å². The van der Waals surface area contributed by atoms with Crippen molar-refractivity contribution < 1.29 is 8.42 Å². The zero-order valence-corrected chi connectivity index (χ0v) is 14.6. The predicted molar refractivity (Wildman–Crippen MR) is 96.0 cm³/mol. The summed E-state index contributed by atoms with van der Waals surface area (Å²) in [6.45, 7) is 0. The second-order valence-electron chi connectivity index (χ2n) is 6.50. The van der Waals surface area contributed by atoms with Gasteiger partial charge in [-0.1, -0.05) is 55.7 Å². The molecule has 2 aromatic rings. The molecule has 1 saturated carbocycles. The van der Waals surface area contributed by atoms with E-state index in [0.717, 1.165) is 36.9 Å². The van der Waals surface area contributed by atoms with Crippen LogP contribution in [0.2, 0.25) is 0 Å². The topological polar surface area (TPSA) is 59.1 Å². The van der Waals surface area contributed by atoms with Crippen LogP contribution in [0.5, 0.6) is 0 Å². The lowest BCUT2D eigenvalue weighted by molar-refractivity contribution is 0.383. The van der Waals surface area contributed by atoms with Crippen molar-refractivity contribution in [2.24, 2.45) is 5.92 Å². The van der Waals surface area contributed by atoms with Gasteiger partial charge in [-0.2, -0.15) is 0 Å². The summed E-state index contributed by atoms with van der Waals surface area (Å²) in [5, 5.41) is 0. The highest BCUT2D eigenvalue weighted by Crippen LogP contribution is 2.26. The number of hydrogen-bond acceptors (Lipinski definition) is 3. The predicted octanol–water partition coefficient (Wildman–Crippen LogP) is 3.67. The highest BCUT2D eigenvalue weighted by atomic mass is 32.2. The van der Waals surface area contributed by atoms with E-state index in [1.807, 2.05) is 48.5 Å². The second kappa shape index (κ2) is 7.90. The van der Waals surface area contributed by atoms with E-state index in [0.29, 0.717) is 0 Å². The van der Waals surface area contributed by atoms with Crippen LogP contribution >= 0.6 is 0 Å². The molecule has 4 nitrogen and oxygen atoms in total. The fourth-order valence-electron chi connectivity index (χ4n) is 3.38. The molecule has 5 heteroatoms. The molecular formula is C19H24N2O2S. The van der Waals surface area contributed by atoms with Crippen molar-refractivity contribution in [2.75, 3.05) is 5.75 Å². The summed E-state index contributed by atoms with van der Waals surface area (Å²) in [5.41, 5.74) is 1.62. The number of nitrogens with one attached hydrogen (secondary N) is 1. The quantitative estimate of drug-likeness (QED) is 0.870. The molecule has 0 aliphatic heterocycles. The summed E-state index contributed by atoms with van der Waals surface area (Å²) in [4.78, 5) is 4.36. The van der Waals surface area contributed by atoms with E-state index in [9.17, 15) is 8.42 Å². The number of hydrogen-bond donors (Lipinski definition) is 1. The smallest absolute Gasteiger partial charge is 0.212 e. The molecular weight excluding hydrogens is 320 g/mol. The maximum absolute atomic E-state index is 12.7. The Balaban J connectivity index is 1.81. The molecule has 1 aromatic carbocycles. The van der Waals surface area contributed by atoms with Gasteiger partial charge in [-0.25, -0.2) is 13.1 Å². The lowest BCUT2D eigenvalue weighted by Gasteiger charge is -2.24. The van der Waals surface area contributed by atoms with Crippen molar-refractivity contribution in [3.8, 4) is 0 Å². The van der Waals surface area contributed by atoms with E-state index in [4.69, 9.17) is 0 Å². The number of sulfonamides is 1. The van der Waals surface area contributed by atoms with Crippen LogP contribution in [0.25, 0.3) is 0 Å². The molecule has 0 radical (unpaired) electrons. The zero-order valence-electron chi connectivity index (χ0n) is 13.8. The summed E-state index contributed by atoms with van der Waals surface area (Å²) < 4.78 is 28.3. The average Bonchev–Trinajstić information content (AvgIpc) is 2.62. The fourth-order valence-corrected chi connectivity index (χ4v) is 5.05. The average molecular weight is 344 g/mol. The lowest BCUT2D eigenvalue weighted by atomic mass is 9.91. The minimum absolute atomic E-state index is 0.211. The van der Waals surface area contributed by atoms with Crippen LogP contribution in [0.3, 0.4) is 0 Å². The normalized spacial score (nSPS) is 17.5. The lowest BCUT2D eigenvalue weighted by Crippen LogP contribution is -2.34. The molecule has 128 valence electrons. The third kappa shape index (κ3) is 4.65. The molecule has 1 aromatic heterocycles. The van der Waals surface area contributed by atoms with Crippen LogP contribution in [0.15, 0.2) is 54.7 Å². The Morgan fingerprint density at radius 1 is 1.00 bits per heavy atom. The van der Waals surface area contributed by atoms with Gasteiger partial charge in [0, 0.05) is 6.20 Å². The van der Waals surface area contributed by atoms with Crippen molar-refractivity contribution in [3.05, 3.63) is 66.0 Å². The van der Waals surface area contributed by atoms with Gasteiger partial charge >= 0.3 is 0 Å². The summed E-state index contributed by atoms with van der Waals surface area (Å²) >= 11 is 0. The Labute approximate surface area is 144 Å². The van der Waals surface area contributed by atoms with Gasteiger partial charge in [0.15, 0.2) is 0 Å². The van der Waals surface area contributed by atoms with Crippen molar-refractivity contribution in [1.29, 1.82) is 0 Å². The van der Waals surface area contributed by atoms with E-state index < -0.39 is 16.1 Å². The number of rotatable bonds is 6. The van der Waals surface area contributed by atoms with Gasteiger partial charge < -0.3 is 0 Å². The number of benzene rings is 1. The third-order valence-electron chi connectivity index (χ3n) is 4.59. The van der Waals surface area contributed by atoms with Gasteiger partial charge in [-0.15, -0.1) is 0 Å². The van der Waals surface area contributed by atoms with E-state index in [1.165, 1.54) is 6.42 Å². The van der Waals surface area contributed by atoms with Gasteiger partial charge in [0.25, 0.3) is 0 Å². The van der Waals surface area contributed by atoms with Crippen LogP contribution in [-0.4, -0.2) is 19.2 Å². The first-order valence-corrected chi connectivity index (χ1v) is 10.3. The highest BCUT2D eigenvalue weighted by Gasteiger charge is 2.26. The summed E-state index contributed by atoms with van der Waals surface area (Å²) in [6.07, 6.45) is 7.23. The minimum atomic E-state index is -3.37. The minimum Gasteiger partial charge on any atom is -0.259 e. The first-order valence-electron chi connectivity index (χ1n) is 8.60. The molecule has 1 fully saturated rings. The molecule has 0 spiro atoms. The Morgan fingerprint density at radius 2 is 1.71 bits per heavy atom. The monoisotopic (exact) mass is 344 g/mol. The maximum atomic E-state index is 12.7. The van der Waals surface area contributed by atoms with Gasteiger partial charge in [-0.05, 0) is 36.5 Å². The molecule has 0 saturated heterocycles. The molecule has 1 atom stereocenters. The van der Waals surface area contributed by atoms with Crippen LogP contribution in [0.1, 0.15) is 49.4 Å². The molecule has 3 rings (SSSR count). The van der Waals surface area contributed by atoms with Crippen molar-refractivity contribution in [2.45, 2.75) is 38.1 Å². The molecule has 1 aliphatic rings. The third-order valence-corrected chi connectivity index (χ3v) is 6.10. The Kier molecular flexibility index (Phi) is 5.63. The Bertz CT molecular complexity index is 687. The van der Waals surface area contributed by atoms with Crippen LogP contribution in [0.4, 0.5) is 0 Å². The molecule has 0 bridgehead atoms. The highest BCUT2D eigenvalue weighted by molar-refractivity contribution is 7.89. The fraction of sp³-hybridized carbons (Fsp3) is 0.421. The molecule has 1 N–H and O–H groups in total. The van der Waals surface area contributed by atoms with E-state index in [2.05, 4.69) is 9.71 Å². The number of nitrogens with zero attached hydrogens (tertiary/aromatic N) is 1. The first kappa shape index (κ1) is 17.1. The second-order valence-corrected chi connectivity index (χ2v) is 8.30. The van der Waals surface area contributed by atoms with Gasteiger partial charge in [0.2, 0.25) is 10.0 Å². The summed E-state index contributed by atoms with van der Waals surface area (Å²) in [5.74, 6) is 0.486. The van der Waals surface area contributed by atoms with Crippen LogP contribution < -0.4 is 4.72 Å². The van der Waals surface area contributed by atoms with E-state index in [-0.39, 0.29) is 11.7 Å². The SMILES string of the molecule is O=S(=O)(CC1CCCCC1)N[C@H](c1ccccc1)c1ccccn1. The summed E-state index contributed by atoms with van der Waals surface area (Å²) in [7, 11) is -3.37. The summed E-state index contributed by atoms with van der Waals surface area (Å²) in [6, 6.07) is 14.8. The van der Waals surface area contributed by atoms with Crippen molar-refractivity contribution in [1.82, 2.24) is 9.71 Å². The molecule has 1 heterocycles. The van der Waals surface area contributed by atoms with Gasteiger partial charge in [-0.3, -0.25) is 4.98 Å². The largest absolute Gasteiger partial charge is 0.259 e. The molecule has 24 heavy (non-hydrogen) atoms. The van der Waals surface area contributed by atoms with Crippen molar-refractivity contribution in [3.63, 3.8) is 0 Å². The molecule has 0 unspecified atom stereocenters. The number of pyridine rings is 1. The van der Waals surface area contributed by atoms with Crippen LogP contribution in [0, 0.1) is 5.92 Å². The van der Waals surface area contributed by atoms with E-state index >= 15 is 0 Å². The maximum Gasteiger partial charge on any atom is 0.212 e. The first-order chi connectivity index (χ1) is 11.6. The Hall–Kier alpha value is -1.72. The standard InChI is InChI=1S/C19H24N2O2S/c22-24(23,15-16-9-3-1-4-10-16)21-19(17-11-5-2-6-12-17)18-13-7-8-14-20-18/h2,5-8,11-14,16,19,21H,1,3-4,9-10,15H2/t19-/m1/s1. The zero-order chi connectivity index (χ0) is 16.8. The number of aromatic nitrogens is 1. The van der Waals surface area contributed by atoms with Crippen molar-refractivity contribution >= 4 is 10.0 Å². The Morgan fingerprint density at radius 3 is 2.38 bits per heavy atom. The van der Waals surface area contributed by atoms with Crippen LogP contribution in [-0.2, 0) is 10.0 Å². The molecule has 1 aliphatic carbocycles. The molecule has 0 amide bonds.